The summed E-state index contributed by atoms with van der Waals surface area (Å²) in [6, 6.07) is 11.2. The fourth-order valence-corrected chi connectivity index (χ4v) is 2.97. The second-order valence-electron chi connectivity index (χ2n) is 5.42. The van der Waals surface area contributed by atoms with E-state index in [1.807, 2.05) is 36.4 Å². The monoisotopic (exact) mass is 298 g/mol. The Bertz CT molecular complexity index is 713. The number of nitrogens with one attached hydrogen (secondary N) is 1. The normalized spacial score (nSPS) is 13.3. The van der Waals surface area contributed by atoms with Gasteiger partial charge in [-0.05, 0) is 49.4 Å². The molecule has 0 unspecified atom stereocenters. The molecule has 0 atom stereocenters. The van der Waals surface area contributed by atoms with Crippen molar-refractivity contribution in [2.24, 2.45) is 0 Å². The van der Waals surface area contributed by atoms with Crippen LogP contribution in [0.4, 0.5) is 17.1 Å². The van der Waals surface area contributed by atoms with Gasteiger partial charge >= 0.3 is 0 Å². The van der Waals surface area contributed by atoms with Gasteiger partial charge in [-0.3, -0.25) is 10.1 Å². The molecule has 114 valence electrons. The van der Waals surface area contributed by atoms with Crippen molar-refractivity contribution in [3.05, 3.63) is 57.6 Å². The van der Waals surface area contributed by atoms with Gasteiger partial charge in [-0.1, -0.05) is 12.1 Å². The standard InChI is InChI=1S/C17H18N2O3/c1-22-14-7-4-6-13(11-14)18-16-10-9-12-5-2-3-8-15(12)17(16)19(20)21/h4,6-7,9-11,18H,2-3,5,8H2,1H3. The van der Waals surface area contributed by atoms with Crippen LogP contribution in [0, 0.1) is 10.1 Å². The van der Waals surface area contributed by atoms with Crippen molar-refractivity contribution in [2.75, 3.05) is 12.4 Å². The molecule has 0 saturated carbocycles. The largest absolute Gasteiger partial charge is 0.497 e. The average molecular weight is 298 g/mol. The van der Waals surface area contributed by atoms with Crippen LogP contribution in [0.2, 0.25) is 0 Å². The Morgan fingerprint density at radius 1 is 1.18 bits per heavy atom. The molecule has 1 N–H and O–H groups in total. The highest BCUT2D eigenvalue weighted by Crippen LogP contribution is 2.37. The first-order valence-electron chi connectivity index (χ1n) is 7.39. The third-order valence-corrected chi connectivity index (χ3v) is 4.03. The summed E-state index contributed by atoms with van der Waals surface area (Å²) in [6.45, 7) is 0. The van der Waals surface area contributed by atoms with E-state index in [1.165, 1.54) is 0 Å². The van der Waals surface area contributed by atoms with Crippen LogP contribution in [0.25, 0.3) is 0 Å². The maximum Gasteiger partial charge on any atom is 0.296 e. The van der Waals surface area contributed by atoms with Crippen molar-refractivity contribution in [2.45, 2.75) is 25.7 Å². The van der Waals surface area contributed by atoms with E-state index in [0.717, 1.165) is 42.5 Å². The zero-order chi connectivity index (χ0) is 15.5. The smallest absolute Gasteiger partial charge is 0.296 e. The number of nitro groups is 1. The van der Waals surface area contributed by atoms with Crippen LogP contribution in [0.15, 0.2) is 36.4 Å². The summed E-state index contributed by atoms with van der Waals surface area (Å²) in [7, 11) is 1.60. The number of hydrogen-bond donors (Lipinski definition) is 1. The molecule has 0 heterocycles. The summed E-state index contributed by atoms with van der Waals surface area (Å²) in [6.07, 6.45) is 3.82. The van der Waals surface area contributed by atoms with Gasteiger partial charge in [0.1, 0.15) is 11.4 Å². The van der Waals surface area contributed by atoms with E-state index >= 15 is 0 Å². The second-order valence-corrected chi connectivity index (χ2v) is 5.42. The van der Waals surface area contributed by atoms with E-state index < -0.39 is 0 Å². The van der Waals surface area contributed by atoms with Crippen LogP contribution in [0.5, 0.6) is 5.75 Å². The van der Waals surface area contributed by atoms with E-state index in [-0.39, 0.29) is 10.6 Å². The minimum Gasteiger partial charge on any atom is -0.497 e. The number of hydrogen-bond acceptors (Lipinski definition) is 4. The number of rotatable bonds is 4. The second kappa shape index (κ2) is 6.05. The lowest BCUT2D eigenvalue weighted by Gasteiger charge is -2.18. The Kier molecular flexibility index (Phi) is 3.96. The molecule has 5 nitrogen and oxygen atoms in total. The summed E-state index contributed by atoms with van der Waals surface area (Å²) in [5.41, 5.74) is 3.51. The first-order chi connectivity index (χ1) is 10.7. The van der Waals surface area contributed by atoms with Gasteiger partial charge in [0.15, 0.2) is 0 Å². The number of fused-ring (bicyclic) bond motifs is 1. The van der Waals surface area contributed by atoms with Gasteiger partial charge in [0.2, 0.25) is 0 Å². The number of methoxy groups -OCH3 is 1. The molecule has 2 aromatic rings. The topological polar surface area (TPSA) is 64.4 Å². The van der Waals surface area contributed by atoms with Gasteiger partial charge in [0.05, 0.1) is 12.0 Å². The average Bonchev–Trinajstić information content (AvgIpc) is 2.54. The summed E-state index contributed by atoms with van der Waals surface area (Å²) >= 11 is 0. The molecule has 0 saturated heterocycles. The SMILES string of the molecule is COc1cccc(Nc2ccc3c(c2[N+](=O)[O-])CCCC3)c1. The molecule has 5 heteroatoms. The molecule has 0 radical (unpaired) electrons. The maximum absolute atomic E-state index is 11.5. The van der Waals surface area contributed by atoms with Gasteiger partial charge in [-0.2, -0.15) is 0 Å². The molecule has 0 fully saturated rings. The molecule has 1 aliphatic rings. The van der Waals surface area contributed by atoms with E-state index in [1.54, 1.807) is 7.11 Å². The Morgan fingerprint density at radius 2 is 2.00 bits per heavy atom. The summed E-state index contributed by atoms with van der Waals surface area (Å²) in [5, 5.41) is 14.7. The molecule has 0 amide bonds. The molecule has 22 heavy (non-hydrogen) atoms. The summed E-state index contributed by atoms with van der Waals surface area (Å²) < 4.78 is 5.19. The molecular formula is C17H18N2O3. The summed E-state index contributed by atoms with van der Waals surface area (Å²) in [5.74, 6) is 0.714. The fraction of sp³-hybridized carbons (Fsp3) is 0.294. The van der Waals surface area contributed by atoms with Crippen molar-refractivity contribution in [1.29, 1.82) is 0 Å². The van der Waals surface area contributed by atoms with Crippen LogP contribution >= 0.6 is 0 Å². The van der Waals surface area contributed by atoms with Gasteiger partial charge in [-0.15, -0.1) is 0 Å². The first kappa shape index (κ1) is 14.4. The predicted molar refractivity (Wildman–Crippen MR) is 86.0 cm³/mol. The zero-order valence-electron chi connectivity index (χ0n) is 12.5. The first-order valence-corrected chi connectivity index (χ1v) is 7.39. The Morgan fingerprint density at radius 3 is 2.77 bits per heavy atom. The zero-order valence-corrected chi connectivity index (χ0v) is 12.5. The van der Waals surface area contributed by atoms with E-state index in [9.17, 15) is 10.1 Å². The maximum atomic E-state index is 11.5. The lowest BCUT2D eigenvalue weighted by Crippen LogP contribution is -2.08. The third kappa shape index (κ3) is 2.74. The Hall–Kier alpha value is -2.56. The minimum absolute atomic E-state index is 0.208. The number of aryl methyl sites for hydroxylation is 1. The van der Waals surface area contributed by atoms with Crippen molar-refractivity contribution in [1.82, 2.24) is 0 Å². The molecule has 3 rings (SSSR count). The van der Waals surface area contributed by atoms with Crippen molar-refractivity contribution in [3.63, 3.8) is 0 Å². The number of benzene rings is 2. The molecule has 0 bridgehead atoms. The van der Waals surface area contributed by atoms with Crippen molar-refractivity contribution >= 4 is 17.1 Å². The molecule has 1 aliphatic carbocycles. The highest BCUT2D eigenvalue weighted by Gasteiger charge is 2.24. The number of ether oxygens (including phenoxy) is 1. The minimum atomic E-state index is -0.271. The van der Waals surface area contributed by atoms with Crippen LogP contribution in [-0.4, -0.2) is 12.0 Å². The fourth-order valence-electron chi connectivity index (χ4n) is 2.97. The van der Waals surface area contributed by atoms with Crippen LogP contribution in [-0.2, 0) is 12.8 Å². The molecule has 0 aliphatic heterocycles. The quantitative estimate of drug-likeness (QED) is 0.678. The van der Waals surface area contributed by atoms with E-state index in [4.69, 9.17) is 4.74 Å². The highest BCUT2D eigenvalue weighted by atomic mass is 16.6. The third-order valence-electron chi connectivity index (χ3n) is 4.03. The van der Waals surface area contributed by atoms with Gasteiger partial charge in [0, 0.05) is 17.3 Å². The predicted octanol–water partition coefficient (Wildman–Crippen LogP) is 4.23. The Balaban J connectivity index is 2.01. The Labute approximate surface area is 129 Å². The van der Waals surface area contributed by atoms with Crippen molar-refractivity contribution < 1.29 is 9.66 Å². The van der Waals surface area contributed by atoms with Gasteiger partial charge in [-0.25, -0.2) is 0 Å². The molecule has 0 spiro atoms. The lowest BCUT2D eigenvalue weighted by atomic mass is 9.90. The van der Waals surface area contributed by atoms with Crippen LogP contribution in [0.1, 0.15) is 24.0 Å². The van der Waals surface area contributed by atoms with Crippen LogP contribution in [0.3, 0.4) is 0 Å². The number of nitrogens with zero attached hydrogens (tertiary/aromatic N) is 1. The van der Waals surface area contributed by atoms with Crippen LogP contribution < -0.4 is 10.1 Å². The van der Waals surface area contributed by atoms with Gasteiger partial charge < -0.3 is 10.1 Å². The molecule has 2 aromatic carbocycles. The van der Waals surface area contributed by atoms with E-state index in [0.29, 0.717) is 11.4 Å². The highest BCUT2D eigenvalue weighted by molar-refractivity contribution is 5.73. The molecule has 0 aromatic heterocycles. The molecular weight excluding hydrogens is 280 g/mol. The lowest BCUT2D eigenvalue weighted by molar-refractivity contribution is -0.384. The van der Waals surface area contributed by atoms with Gasteiger partial charge in [0.25, 0.3) is 5.69 Å². The number of nitro benzene ring substituents is 1. The number of anilines is 2. The van der Waals surface area contributed by atoms with Crippen molar-refractivity contribution in [3.8, 4) is 5.75 Å². The van der Waals surface area contributed by atoms with E-state index in [2.05, 4.69) is 5.32 Å². The summed E-state index contributed by atoms with van der Waals surface area (Å²) in [4.78, 5) is 11.3.